The van der Waals surface area contributed by atoms with Crippen molar-refractivity contribution >= 4 is 29.8 Å². The van der Waals surface area contributed by atoms with Crippen LogP contribution in [0.25, 0.3) is 0 Å². The van der Waals surface area contributed by atoms with E-state index in [0.29, 0.717) is 0 Å². The number of aliphatic carboxylic acids is 3. The summed E-state index contributed by atoms with van der Waals surface area (Å²) in [5.74, 6) is -7.48. The van der Waals surface area contributed by atoms with Crippen LogP contribution in [0.4, 0.5) is 0 Å². The van der Waals surface area contributed by atoms with Gasteiger partial charge in [0.1, 0.15) is 0 Å². The third-order valence-electron chi connectivity index (χ3n) is 2.67. The lowest BCUT2D eigenvalue weighted by molar-refractivity contribution is -0.170. The summed E-state index contributed by atoms with van der Waals surface area (Å²) >= 11 is 0. The molecule has 6 N–H and O–H groups in total. The molecule has 0 atom stereocenters. The molecular weight excluding hydrogens is 344 g/mol. The molecule has 0 unspecified atom stereocenters. The fourth-order valence-electron chi connectivity index (χ4n) is 1.57. The van der Waals surface area contributed by atoms with E-state index in [-0.39, 0.29) is 11.1 Å². The van der Waals surface area contributed by atoms with Crippen LogP contribution in [0.2, 0.25) is 0 Å². The smallest absolute Gasteiger partial charge is 0.336 e. The Hall–Kier alpha value is -3.47. The number of benzene rings is 1. The fourth-order valence-corrected chi connectivity index (χ4v) is 1.57. The average Bonchev–Trinajstić information content (AvgIpc) is 2.45. The van der Waals surface area contributed by atoms with Crippen LogP contribution in [0.5, 0.6) is 0 Å². The summed E-state index contributed by atoms with van der Waals surface area (Å²) in [6, 6.07) is 5.48. The first kappa shape index (κ1) is 21.5. The van der Waals surface area contributed by atoms with Gasteiger partial charge in [-0.1, -0.05) is 12.1 Å². The maximum absolute atomic E-state index is 10.5. The minimum atomic E-state index is -2.74. The highest BCUT2D eigenvalue weighted by Crippen LogP contribution is 2.15. The zero-order chi connectivity index (χ0) is 19.8. The van der Waals surface area contributed by atoms with E-state index in [1.165, 1.54) is 24.3 Å². The molecule has 0 bridgehead atoms. The molecule has 0 fully saturated rings. The normalized spacial score (nSPS) is 10.1. The van der Waals surface area contributed by atoms with E-state index in [1.807, 2.05) is 0 Å². The first-order chi connectivity index (χ1) is 11.4. The molecule has 1 rings (SSSR count). The largest absolute Gasteiger partial charge is 0.481 e. The van der Waals surface area contributed by atoms with Crippen molar-refractivity contribution in [2.45, 2.75) is 18.4 Å². The van der Waals surface area contributed by atoms with Crippen LogP contribution >= 0.6 is 0 Å². The number of hydrogen-bond donors (Lipinski definition) is 6. The minimum absolute atomic E-state index is 0.190. The molecule has 11 heteroatoms. The van der Waals surface area contributed by atoms with Crippen molar-refractivity contribution < 1.29 is 54.6 Å². The summed E-state index contributed by atoms with van der Waals surface area (Å²) < 4.78 is 0. The summed E-state index contributed by atoms with van der Waals surface area (Å²) in [5.41, 5.74) is -3.12. The molecular formula is C14H14O11. The molecule has 136 valence electrons. The van der Waals surface area contributed by atoms with Crippen LogP contribution in [0.3, 0.4) is 0 Å². The van der Waals surface area contributed by atoms with Gasteiger partial charge in [-0.15, -0.1) is 0 Å². The van der Waals surface area contributed by atoms with Gasteiger partial charge in [-0.3, -0.25) is 9.59 Å². The Morgan fingerprint density at radius 3 is 1.24 bits per heavy atom. The predicted molar refractivity (Wildman–Crippen MR) is 77.5 cm³/mol. The van der Waals surface area contributed by atoms with Crippen LogP contribution in [0.1, 0.15) is 33.6 Å². The summed E-state index contributed by atoms with van der Waals surface area (Å²) in [6.45, 7) is 0. The van der Waals surface area contributed by atoms with E-state index >= 15 is 0 Å². The number of aromatic carboxylic acids is 2. The molecule has 0 aliphatic carbocycles. The van der Waals surface area contributed by atoms with Gasteiger partial charge in [-0.05, 0) is 12.1 Å². The van der Waals surface area contributed by atoms with Crippen LogP contribution in [0, 0.1) is 0 Å². The number of carbonyl (C=O) groups is 5. The summed E-state index contributed by atoms with van der Waals surface area (Å²) in [6.07, 6.45) is -2.29. The summed E-state index contributed by atoms with van der Waals surface area (Å²) in [7, 11) is 0. The molecule has 1 aromatic carbocycles. The minimum Gasteiger partial charge on any atom is -0.481 e. The van der Waals surface area contributed by atoms with E-state index in [1.54, 1.807) is 0 Å². The van der Waals surface area contributed by atoms with Gasteiger partial charge in [0.2, 0.25) is 0 Å². The van der Waals surface area contributed by atoms with E-state index in [2.05, 4.69) is 0 Å². The van der Waals surface area contributed by atoms with Crippen LogP contribution in [-0.4, -0.2) is 66.1 Å². The molecule has 0 amide bonds. The number of rotatable bonds is 7. The molecule has 0 aliphatic rings. The van der Waals surface area contributed by atoms with Crippen molar-refractivity contribution in [3.63, 3.8) is 0 Å². The second-order valence-corrected chi connectivity index (χ2v) is 4.63. The number of hydrogen-bond acceptors (Lipinski definition) is 6. The zero-order valence-electron chi connectivity index (χ0n) is 12.4. The lowest BCUT2D eigenvalue weighted by Crippen LogP contribution is -2.42. The maximum atomic E-state index is 10.5. The third-order valence-corrected chi connectivity index (χ3v) is 2.67. The molecule has 11 nitrogen and oxygen atoms in total. The molecule has 0 saturated carbocycles. The van der Waals surface area contributed by atoms with Gasteiger partial charge in [-0.25, -0.2) is 14.4 Å². The van der Waals surface area contributed by atoms with Gasteiger partial charge in [-0.2, -0.15) is 0 Å². The Labute approximate surface area is 139 Å². The first-order valence-electron chi connectivity index (χ1n) is 6.35. The summed E-state index contributed by atoms with van der Waals surface area (Å²) in [5, 5.41) is 50.9. The molecule has 0 saturated heterocycles. The van der Waals surface area contributed by atoms with Crippen LogP contribution in [-0.2, 0) is 14.4 Å². The molecule has 1 aromatic rings. The Balaban J connectivity index is 0.000000462. The SMILES string of the molecule is O=C(O)CC(O)(CC(=O)O)C(=O)O.O=C(O)c1ccccc1C(=O)O. The third kappa shape index (κ3) is 7.09. The average molecular weight is 358 g/mol. The second-order valence-electron chi connectivity index (χ2n) is 4.63. The van der Waals surface area contributed by atoms with Crippen molar-refractivity contribution in [2.75, 3.05) is 0 Å². The number of carboxylic acid groups (broad SMARTS) is 5. The van der Waals surface area contributed by atoms with Crippen LogP contribution < -0.4 is 0 Å². The Morgan fingerprint density at radius 2 is 1.04 bits per heavy atom. The highest BCUT2D eigenvalue weighted by Gasteiger charge is 2.40. The van der Waals surface area contributed by atoms with E-state index in [9.17, 15) is 24.0 Å². The fraction of sp³-hybridized carbons (Fsp3) is 0.214. The van der Waals surface area contributed by atoms with Crippen molar-refractivity contribution in [2.24, 2.45) is 0 Å². The molecule has 0 radical (unpaired) electrons. The standard InChI is InChI=1S/C8H6O4.C6H8O7/c9-7(10)5-3-1-2-4-6(5)8(11)12;7-3(8)1-6(13,5(11)12)2-4(9)10/h1-4H,(H,9,10)(H,11,12);13H,1-2H2,(H,7,8)(H,9,10)(H,11,12). The van der Waals surface area contributed by atoms with Crippen LogP contribution in [0.15, 0.2) is 24.3 Å². The highest BCUT2D eigenvalue weighted by molar-refractivity contribution is 6.01. The Bertz CT molecular complexity index is 643. The van der Waals surface area contributed by atoms with E-state index in [0.717, 1.165) is 0 Å². The monoisotopic (exact) mass is 358 g/mol. The highest BCUT2D eigenvalue weighted by atomic mass is 16.4. The topological polar surface area (TPSA) is 207 Å². The van der Waals surface area contributed by atoms with E-state index < -0.39 is 48.3 Å². The number of aliphatic hydroxyl groups is 1. The van der Waals surface area contributed by atoms with Gasteiger partial charge >= 0.3 is 29.8 Å². The van der Waals surface area contributed by atoms with Gasteiger partial charge in [0.15, 0.2) is 5.60 Å². The van der Waals surface area contributed by atoms with Crippen molar-refractivity contribution in [1.29, 1.82) is 0 Å². The molecule has 0 spiro atoms. The maximum Gasteiger partial charge on any atom is 0.336 e. The van der Waals surface area contributed by atoms with Gasteiger partial charge in [0, 0.05) is 0 Å². The van der Waals surface area contributed by atoms with Crippen molar-refractivity contribution in [3.05, 3.63) is 35.4 Å². The van der Waals surface area contributed by atoms with Gasteiger partial charge in [0.05, 0.1) is 24.0 Å². The van der Waals surface area contributed by atoms with Gasteiger partial charge < -0.3 is 30.6 Å². The second kappa shape index (κ2) is 8.98. The Kier molecular flexibility index (Phi) is 7.73. The zero-order valence-corrected chi connectivity index (χ0v) is 12.4. The summed E-state index contributed by atoms with van der Waals surface area (Å²) in [4.78, 5) is 51.4. The molecule has 0 aliphatic heterocycles. The van der Waals surface area contributed by atoms with E-state index in [4.69, 9.17) is 30.6 Å². The van der Waals surface area contributed by atoms with Gasteiger partial charge in [0.25, 0.3) is 0 Å². The van der Waals surface area contributed by atoms with Crippen molar-refractivity contribution in [1.82, 2.24) is 0 Å². The first-order valence-corrected chi connectivity index (χ1v) is 6.35. The molecule has 25 heavy (non-hydrogen) atoms. The molecule has 0 heterocycles. The van der Waals surface area contributed by atoms with Crippen molar-refractivity contribution in [3.8, 4) is 0 Å². The predicted octanol–water partition coefficient (Wildman–Crippen LogP) is -0.165. The number of carboxylic acids is 5. The Morgan fingerprint density at radius 1 is 0.720 bits per heavy atom. The lowest BCUT2D eigenvalue weighted by atomic mass is 9.96. The lowest BCUT2D eigenvalue weighted by Gasteiger charge is -2.18. The quantitative estimate of drug-likeness (QED) is 0.377. The molecule has 0 aromatic heterocycles.